The number of methoxy groups -OCH3 is 1. The van der Waals surface area contributed by atoms with Crippen molar-refractivity contribution in [1.82, 2.24) is 9.88 Å². The standard InChI is InChI=1S/C19H22BrN3O2/c1-14-10-16(20)13-21-19(14)23-8-6-22(7-9-23)18(24)12-15-4-3-5-17(11-15)25-2/h3-5,10-11,13H,6-9,12H2,1-2H3. The summed E-state index contributed by atoms with van der Waals surface area (Å²) < 4.78 is 6.21. The van der Waals surface area contributed by atoms with Crippen molar-refractivity contribution in [2.75, 3.05) is 38.2 Å². The molecule has 0 spiro atoms. The van der Waals surface area contributed by atoms with Crippen LogP contribution >= 0.6 is 15.9 Å². The third-order valence-electron chi connectivity index (χ3n) is 4.44. The first-order chi connectivity index (χ1) is 12.1. The van der Waals surface area contributed by atoms with Gasteiger partial charge in [-0.05, 0) is 52.2 Å². The Morgan fingerprint density at radius 2 is 2.00 bits per heavy atom. The van der Waals surface area contributed by atoms with Gasteiger partial charge >= 0.3 is 0 Å². The molecule has 2 heterocycles. The van der Waals surface area contributed by atoms with E-state index in [1.807, 2.05) is 35.4 Å². The number of pyridine rings is 1. The van der Waals surface area contributed by atoms with Gasteiger partial charge in [-0.25, -0.2) is 4.98 Å². The maximum absolute atomic E-state index is 12.6. The number of ether oxygens (including phenoxy) is 1. The maximum Gasteiger partial charge on any atom is 0.227 e. The third-order valence-corrected chi connectivity index (χ3v) is 4.87. The van der Waals surface area contributed by atoms with Crippen molar-refractivity contribution in [3.8, 4) is 5.75 Å². The summed E-state index contributed by atoms with van der Waals surface area (Å²) in [4.78, 5) is 21.3. The van der Waals surface area contributed by atoms with Crippen molar-refractivity contribution in [3.05, 3.63) is 52.1 Å². The highest BCUT2D eigenvalue weighted by atomic mass is 79.9. The van der Waals surface area contributed by atoms with Crippen LogP contribution in [0.3, 0.4) is 0 Å². The van der Waals surface area contributed by atoms with Gasteiger partial charge in [0, 0.05) is 36.8 Å². The lowest BCUT2D eigenvalue weighted by Crippen LogP contribution is -2.49. The molecule has 1 aliphatic heterocycles. The molecule has 0 atom stereocenters. The van der Waals surface area contributed by atoms with E-state index in [9.17, 15) is 4.79 Å². The molecule has 132 valence electrons. The number of amides is 1. The Bertz CT molecular complexity index is 758. The predicted octanol–water partition coefficient (Wildman–Crippen LogP) is 3.05. The number of halogens is 1. The number of nitrogens with zero attached hydrogens (tertiary/aromatic N) is 3. The van der Waals surface area contributed by atoms with Crippen molar-refractivity contribution in [3.63, 3.8) is 0 Å². The Morgan fingerprint density at radius 3 is 2.68 bits per heavy atom. The van der Waals surface area contributed by atoms with Crippen molar-refractivity contribution in [1.29, 1.82) is 0 Å². The van der Waals surface area contributed by atoms with E-state index in [-0.39, 0.29) is 5.91 Å². The van der Waals surface area contributed by atoms with E-state index in [1.165, 1.54) is 0 Å². The SMILES string of the molecule is COc1cccc(CC(=O)N2CCN(c3ncc(Br)cc3C)CC2)c1. The second kappa shape index (κ2) is 7.87. The lowest BCUT2D eigenvalue weighted by atomic mass is 10.1. The summed E-state index contributed by atoms with van der Waals surface area (Å²) >= 11 is 3.45. The molecular weight excluding hydrogens is 382 g/mol. The normalized spacial score (nSPS) is 14.5. The van der Waals surface area contributed by atoms with Gasteiger partial charge in [-0.1, -0.05) is 12.1 Å². The van der Waals surface area contributed by atoms with Gasteiger partial charge in [-0.2, -0.15) is 0 Å². The second-order valence-corrected chi connectivity index (χ2v) is 7.11. The zero-order valence-electron chi connectivity index (χ0n) is 14.5. The van der Waals surface area contributed by atoms with E-state index in [2.05, 4.69) is 38.8 Å². The molecule has 6 heteroatoms. The summed E-state index contributed by atoms with van der Waals surface area (Å²) in [5.74, 6) is 1.95. The first-order valence-electron chi connectivity index (χ1n) is 8.34. The van der Waals surface area contributed by atoms with E-state index in [1.54, 1.807) is 7.11 Å². The molecule has 1 aromatic carbocycles. The van der Waals surface area contributed by atoms with Crippen LogP contribution < -0.4 is 9.64 Å². The lowest BCUT2D eigenvalue weighted by Gasteiger charge is -2.36. The van der Waals surface area contributed by atoms with Crippen LogP contribution in [0.15, 0.2) is 41.0 Å². The molecule has 0 unspecified atom stereocenters. The second-order valence-electron chi connectivity index (χ2n) is 6.19. The molecule has 1 aliphatic rings. The smallest absolute Gasteiger partial charge is 0.227 e. The number of anilines is 1. The largest absolute Gasteiger partial charge is 0.497 e. The third kappa shape index (κ3) is 4.31. The molecule has 1 saturated heterocycles. The number of rotatable bonds is 4. The minimum Gasteiger partial charge on any atom is -0.497 e. The van der Waals surface area contributed by atoms with Gasteiger partial charge in [-0.15, -0.1) is 0 Å². The molecule has 1 fully saturated rings. The number of carbonyl (C=O) groups is 1. The summed E-state index contributed by atoms with van der Waals surface area (Å²) in [7, 11) is 1.64. The van der Waals surface area contributed by atoms with Gasteiger partial charge in [0.2, 0.25) is 5.91 Å². The van der Waals surface area contributed by atoms with Crippen LogP contribution in [0.5, 0.6) is 5.75 Å². The molecule has 5 nitrogen and oxygen atoms in total. The highest BCUT2D eigenvalue weighted by Gasteiger charge is 2.23. The van der Waals surface area contributed by atoms with Crippen LogP contribution in [-0.4, -0.2) is 49.1 Å². The lowest BCUT2D eigenvalue weighted by molar-refractivity contribution is -0.130. The Morgan fingerprint density at radius 1 is 1.24 bits per heavy atom. The van der Waals surface area contributed by atoms with Gasteiger partial charge in [0.15, 0.2) is 0 Å². The van der Waals surface area contributed by atoms with Crippen molar-refractivity contribution < 1.29 is 9.53 Å². The number of hydrogen-bond acceptors (Lipinski definition) is 4. The minimum absolute atomic E-state index is 0.161. The van der Waals surface area contributed by atoms with E-state index in [0.717, 1.165) is 53.3 Å². The van der Waals surface area contributed by atoms with Crippen LogP contribution in [0, 0.1) is 6.92 Å². The van der Waals surface area contributed by atoms with Crippen molar-refractivity contribution in [2.24, 2.45) is 0 Å². The van der Waals surface area contributed by atoms with E-state index >= 15 is 0 Å². The molecule has 1 amide bonds. The molecule has 3 rings (SSSR count). The number of hydrogen-bond donors (Lipinski definition) is 0. The Labute approximate surface area is 156 Å². The zero-order chi connectivity index (χ0) is 17.8. The Hall–Kier alpha value is -2.08. The van der Waals surface area contributed by atoms with Crippen molar-refractivity contribution in [2.45, 2.75) is 13.3 Å². The van der Waals surface area contributed by atoms with Gasteiger partial charge in [0.05, 0.1) is 13.5 Å². The highest BCUT2D eigenvalue weighted by molar-refractivity contribution is 9.10. The summed E-state index contributed by atoms with van der Waals surface area (Å²) in [5.41, 5.74) is 2.13. The number of aromatic nitrogens is 1. The van der Waals surface area contributed by atoms with Crippen LogP contribution in [0.4, 0.5) is 5.82 Å². The molecule has 0 bridgehead atoms. The topological polar surface area (TPSA) is 45.7 Å². The molecule has 0 saturated carbocycles. The number of piperazine rings is 1. The molecule has 25 heavy (non-hydrogen) atoms. The number of benzene rings is 1. The Kier molecular flexibility index (Phi) is 5.58. The summed E-state index contributed by atoms with van der Waals surface area (Å²) in [6.45, 7) is 5.12. The maximum atomic E-state index is 12.6. The fourth-order valence-electron chi connectivity index (χ4n) is 3.10. The summed E-state index contributed by atoms with van der Waals surface area (Å²) in [6, 6.07) is 9.76. The predicted molar refractivity (Wildman–Crippen MR) is 102 cm³/mol. The Balaban J connectivity index is 1.58. The number of carbonyl (C=O) groups excluding carboxylic acids is 1. The van der Waals surface area contributed by atoms with Gasteiger partial charge < -0.3 is 14.5 Å². The van der Waals surface area contributed by atoms with Gasteiger partial charge in [0.1, 0.15) is 11.6 Å². The van der Waals surface area contributed by atoms with Crippen LogP contribution in [-0.2, 0) is 11.2 Å². The van der Waals surface area contributed by atoms with Gasteiger partial charge in [0.25, 0.3) is 0 Å². The molecule has 0 aliphatic carbocycles. The van der Waals surface area contributed by atoms with Gasteiger partial charge in [-0.3, -0.25) is 4.79 Å². The quantitative estimate of drug-likeness (QED) is 0.786. The fraction of sp³-hybridized carbons (Fsp3) is 0.368. The van der Waals surface area contributed by atoms with E-state index in [0.29, 0.717) is 6.42 Å². The summed E-state index contributed by atoms with van der Waals surface area (Å²) in [5, 5.41) is 0. The molecule has 0 N–H and O–H groups in total. The van der Waals surface area contributed by atoms with E-state index < -0.39 is 0 Å². The summed E-state index contributed by atoms with van der Waals surface area (Å²) in [6.07, 6.45) is 2.23. The number of aryl methyl sites for hydroxylation is 1. The molecule has 1 aromatic heterocycles. The average molecular weight is 404 g/mol. The first-order valence-corrected chi connectivity index (χ1v) is 9.14. The van der Waals surface area contributed by atoms with Crippen LogP contribution in [0.1, 0.15) is 11.1 Å². The molecular formula is C19H22BrN3O2. The molecule has 0 radical (unpaired) electrons. The van der Waals surface area contributed by atoms with E-state index in [4.69, 9.17) is 4.74 Å². The zero-order valence-corrected chi connectivity index (χ0v) is 16.1. The highest BCUT2D eigenvalue weighted by Crippen LogP contribution is 2.22. The monoisotopic (exact) mass is 403 g/mol. The van der Waals surface area contributed by atoms with Crippen molar-refractivity contribution >= 4 is 27.7 Å². The first kappa shape index (κ1) is 17.7. The minimum atomic E-state index is 0.161. The average Bonchev–Trinajstić information content (AvgIpc) is 2.62. The molecule has 2 aromatic rings. The van der Waals surface area contributed by atoms with Crippen LogP contribution in [0.25, 0.3) is 0 Å². The fourth-order valence-corrected chi connectivity index (χ4v) is 3.55. The van der Waals surface area contributed by atoms with Crippen LogP contribution in [0.2, 0.25) is 0 Å².